The van der Waals surface area contributed by atoms with Gasteiger partial charge in [-0.15, -0.1) is 0 Å². The van der Waals surface area contributed by atoms with Gasteiger partial charge in [0.25, 0.3) is 0 Å². The van der Waals surface area contributed by atoms with Crippen LogP contribution in [0, 0.1) is 0 Å². The second-order valence-corrected chi connectivity index (χ2v) is 3.84. The Morgan fingerprint density at radius 1 is 1.41 bits per heavy atom. The fraction of sp³-hybridized carbons (Fsp3) is 0.500. The lowest BCUT2D eigenvalue weighted by Crippen LogP contribution is -2.17. The number of fused-ring (bicyclic) bond motifs is 1. The first-order chi connectivity index (χ1) is 8.26. The Kier molecular flexibility index (Phi) is 3.71. The maximum atomic E-state index is 9.91. The summed E-state index contributed by atoms with van der Waals surface area (Å²) in [4.78, 5) is 0. The van der Waals surface area contributed by atoms with Gasteiger partial charge in [0, 0.05) is 0 Å². The summed E-state index contributed by atoms with van der Waals surface area (Å²) in [5, 5.41) is 9.91. The van der Waals surface area contributed by atoms with E-state index >= 15 is 0 Å². The summed E-state index contributed by atoms with van der Waals surface area (Å²) in [6.45, 7) is 1.44. The summed E-state index contributed by atoms with van der Waals surface area (Å²) < 4.78 is 16.2. The van der Waals surface area contributed by atoms with Crippen LogP contribution in [0.5, 0.6) is 17.2 Å². The topological polar surface area (TPSA) is 73.9 Å². The highest BCUT2D eigenvalue weighted by Gasteiger charge is 2.20. The molecule has 17 heavy (non-hydrogen) atoms. The van der Waals surface area contributed by atoms with Gasteiger partial charge in [0.1, 0.15) is 13.2 Å². The number of methoxy groups -OCH3 is 1. The standard InChI is InChI=1S/C12H17NO4/c1-15-10-6-8(9(14)2-3-13)7-11-12(10)17-5-4-16-11/h6-7,9,14H,2-5,13H2,1H3. The Labute approximate surface area is 100 Å². The highest BCUT2D eigenvalue weighted by atomic mass is 16.6. The predicted octanol–water partition coefficient (Wildman–Crippen LogP) is 0.849. The Hall–Kier alpha value is -1.46. The summed E-state index contributed by atoms with van der Waals surface area (Å²) >= 11 is 0. The quantitative estimate of drug-likeness (QED) is 0.814. The zero-order valence-electron chi connectivity index (χ0n) is 9.81. The van der Waals surface area contributed by atoms with Crippen LogP contribution in [0.25, 0.3) is 0 Å². The average Bonchev–Trinajstić information content (AvgIpc) is 2.37. The van der Waals surface area contributed by atoms with E-state index in [0.29, 0.717) is 43.4 Å². The van der Waals surface area contributed by atoms with Crippen LogP contribution in [0.1, 0.15) is 18.1 Å². The van der Waals surface area contributed by atoms with E-state index in [9.17, 15) is 5.11 Å². The third-order valence-electron chi connectivity index (χ3n) is 2.68. The number of benzene rings is 1. The van der Waals surface area contributed by atoms with Crippen LogP contribution in [0.3, 0.4) is 0 Å². The Balaban J connectivity index is 2.35. The van der Waals surface area contributed by atoms with Crippen molar-refractivity contribution >= 4 is 0 Å². The molecule has 0 bridgehead atoms. The molecule has 1 aromatic carbocycles. The van der Waals surface area contributed by atoms with Gasteiger partial charge >= 0.3 is 0 Å². The molecule has 0 fully saturated rings. The normalized spacial score (nSPS) is 15.5. The van der Waals surface area contributed by atoms with E-state index in [-0.39, 0.29) is 0 Å². The van der Waals surface area contributed by atoms with Gasteiger partial charge < -0.3 is 25.1 Å². The highest BCUT2D eigenvalue weighted by molar-refractivity contribution is 5.54. The lowest BCUT2D eigenvalue weighted by atomic mass is 10.1. The second kappa shape index (κ2) is 5.25. The lowest BCUT2D eigenvalue weighted by molar-refractivity contribution is 0.156. The van der Waals surface area contributed by atoms with Gasteiger partial charge in [0.15, 0.2) is 11.5 Å². The molecule has 0 saturated carbocycles. The maximum Gasteiger partial charge on any atom is 0.203 e. The lowest BCUT2D eigenvalue weighted by Gasteiger charge is -2.22. The molecule has 3 N–H and O–H groups in total. The van der Waals surface area contributed by atoms with Crippen LogP contribution in [0.2, 0.25) is 0 Å². The van der Waals surface area contributed by atoms with Crippen molar-refractivity contribution in [1.29, 1.82) is 0 Å². The zero-order chi connectivity index (χ0) is 12.3. The summed E-state index contributed by atoms with van der Waals surface area (Å²) in [5.41, 5.74) is 6.16. The fourth-order valence-electron chi connectivity index (χ4n) is 1.81. The Morgan fingerprint density at radius 3 is 2.88 bits per heavy atom. The SMILES string of the molecule is COc1cc(C(O)CCN)cc2c1OCCO2. The van der Waals surface area contributed by atoms with Crippen molar-refractivity contribution in [3.8, 4) is 17.2 Å². The number of aliphatic hydroxyl groups excluding tert-OH is 1. The van der Waals surface area contributed by atoms with Crippen LogP contribution in [-0.4, -0.2) is 32.0 Å². The van der Waals surface area contributed by atoms with Gasteiger partial charge in [-0.2, -0.15) is 0 Å². The fourth-order valence-corrected chi connectivity index (χ4v) is 1.81. The van der Waals surface area contributed by atoms with E-state index in [1.807, 2.05) is 0 Å². The van der Waals surface area contributed by atoms with Crippen molar-refractivity contribution < 1.29 is 19.3 Å². The zero-order valence-corrected chi connectivity index (χ0v) is 9.81. The molecule has 94 valence electrons. The van der Waals surface area contributed by atoms with Crippen LogP contribution in [0.4, 0.5) is 0 Å². The molecule has 0 saturated heterocycles. The van der Waals surface area contributed by atoms with Gasteiger partial charge in [-0.3, -0.25) is 0 Å². The number of rotatable bonds is 4. The average molecular weight is 239 g/mol. The van der Waals surface area contributed by atoms with Crippen molar-refractivity contribution in [2.45, 2.75) is 12.5 Å². The smallest absolute Gasteiger partial charge is 0.203 e. The van der Waals surface area contributed by atoms with Gasteiger partial charge in [0.2, 0.25) is 5.75 Å². The molecule has 1 aliphatic rings. The number of nitrogens with two attached hydrogens (primary N) is 1. The molecule has 5 heteroatoms. The van der Waals surface area contributed by atoms with Crippen LogP contribution in [-0.2, 0) is 0 Å². The molecule has 1 aromatic rings. The molecule has 1 atom stereocenters. The highest BCUT2D eigenvalue weighted by Crippen LogP contribution is 2.41. The molecule has 0 radical (unpaired) electrons. The molecular weight excluding hydrogens is 222 g/mol. The molecule has 5 nitrogen and oxygen atoms in total. The Bertz CT molecular complexity index is 377. The van der Waals surface area contributed by atoms with E-state index in [1.165, 1.54) is 0 Å². The van der Waals surface area contributed by atoms with Crippen molar-refractivity contribution in [1.82, 2.24) is 0 Å². The van der Waals surface area contributed by atoms with Gasteiger partial charge in [0.05, 0.1) is 13.2 Å². The predicted molar refractivity (Wildman–Crippen MR) is 62.6 cm³/mol. The molecule has 0 spiro atoms. The largest absolute Gasteiger partial charge is 0.493 e. The number of hydrogen-bond acceptors (Lipinski definition) is 5. The minimum Gasteiger partial charge on any atom is -0.493 e. The van der Waals surface area contributed by atoms with E-state index < -0.39 is 6.10 Å². The van der Waals surface area contributed by atoms with E-state index in [1.54, 1.807) is 19.2 Å². The summed E-state index contributed by atoms with van der Waals surface area (Å²) in [6.07, 6.45) is -0.104. The first kappa shape index (κ1) is 12.0. The molecular formula is C12H17NO4. The third kappa shape index (κ3) is 2.45. The minimum atomic E-state index is -0.607. The maximum absolute atomic E-state index is 9.91. The number of aliphatic hydroxyl groups is 1. The van der Waals surface area contributed by atoms with E-state index in [2.05, 4.69) is 0 Å². The van der Waals surface area contributed by atoms with Crippen molar-refractivity contribution in [2.75, 3.05) is 26.9 Å². The molecule has 0 aromatic heterocycles. The van der Waals surface area contributed by atoms with Crippen LogP contribution in [0.15, 0.2) is 12.1 Å². The van der Waals surface area contributed by atoms with Crippen molar-refractivity contribution in [3.63, 3.8) is 0 Å². The Morgan fingerprint density at radius 2 is 2.18 bits per heavy atom. The second-order valence-electron chi connectivity index (χ2n) is 3.84. The third-order valence-corrected chi connectivity index (χ3v) is 2.68. The van der Waals surface area contributed by atoms with Gasteiger partial charge in [-0.1, -0.05) is 0 Å². The minimum absolute atomic E-state index is 0.428. The van der Waals surface area contributed by atoms with Crippen molar-refractivity contribution in [3.05, 3.63) is 17.7 Å². The number of hydrogen-bond donors (Lipinski definition) is 2. The molecule has 0 amide bonds. The van der Waals surface area contributed by atoms with Crippen LogP contribution < -0.4 is 19.9 Å². The molecule has 1 aliphatic heterocycles. The van der Waals surface area contributed by atoms with Gasteiger partial charge in [-0.25, -0.2) is 0 Å². The van der Waals surface area contributed by atoms with Gasteiger partial charge in [-0.05, 0) is 30.7 Å². The molecule has 0 aliphatic carbocycles. The molecule has 1 unspecified atom stereocenters. The van der Waals surface area contributed by atoms with Crippen molar-refractivity contribution in [2.24, 2.45) is 5.73 Å². The van der Waals surface area contributed by atoms with E-state index in [0.717, 1.165) is 5.56 Å². The summed E-state index contributed by atoms with van der Waals surface area (Å²) in [5.74, 6) is 1.79. The molecule has 1 heterocycles. The summed E-state index contributed by atoms with van der Waals surface area (Å²) in [7, 11) is 1.56. The monoisotopic (exact) mass is 239 g/mol. The first-order valence-electron chi connectivity index (χ1n) is 5.62. The van der Waals surface area contributed by atoms with Crippen LogP contribution >= 0.6 is 0 Å². The summed E-state index contributed by atoms with van der Waals surface area (Å²) in [6, 6.07) is 3.53. The van der Waals surface area contributed by atoms with E-state index in [4.69, 9.17) is 19.9 Å². The molecule has 2 rings (SSSR count). The first-order valence-corrected chi connectivity index (χ1v) is 5.62. The number of ether oxygens (including phenoxy) is 3.